The summed E-state index contributed by atoms with van der Waals surface area (Å²) in [6.45, 7) is 9.61. The molecule has 2 aromatic carbocycles. The molecule has 2 unspecified atom stereocenters. The van der Waals surface area contributed by atoms with Crippen LogP contribution in [0.1, 0.15) is 49.1 Å². The van der Waals surface area contributed by atoms with Gasteiger partial charge in [0.15, 0.2) is 0 Å². The molecule has 5 nitrogen and oxygen atoms in total. The smallest absolute Gasteiger partial charge is 0.244 e. The molecule has 0 heterocycles. The quantitative estimate of drug-likeness (QED) is 0.764. The van der Waals surface area contributed by atoms with E-state index in [9.17, 15) is 13.2 Å². The summed E-state index contributed by atoms with van der Waals surface area (Å²) < 4.78 is 26.0. The molecule has 0 saturated carbocycles. The molecule has 0 aliphatic carbocycles. The number of amides is 1. The van der Waals surface area contributed by atoms with Crippen LogP contribution in [0.3, 0.4) is 0 Å². The zero-order valence-corrected chi connectivity index (χ0v) is 18.3. The molecule has 0 spiro atoms. The summed E-state index contributed by atoms with van der Waals surface area (Å²) in [5.41, 5.74) is 4.93. The molecule has 0 aromatic heterocycles. The van der Waals surface area contributed by atoms with Crippen LogP contribution >= 0.6 is 0 Å². The fourth-order valence-electron chi connectivity index (χ4n) is 3.14. The summed E-state index contributed by atoms with van der Waals surface area (Å²) in [5.74, 6) is -0.337. The Hall–Kier alpha value is -2.34. The van der Waals surface area contributed by atoms with Gasteiger partial charge in [0.25, 0.3) is 0 Å². The Balaban J connectivity index is 2.24. The third kappa shape index (κ3) is 5.13. The van der Waals surface area contributed by atoms with E-state index >= 15 is 0 Å². The van der Waals surface area contributed by atoms with Crippen molar-refractivity contribution in [3.8, 4) is 0 Å². The second-order valence-corrected chi connectivity index (χ2v) is 9.19. The molecular formula is C22H30N2O3S. The van der Waals surface area contributed by atoms with Gasteiger partial charge in [-0.3, -0.25) is 9.10 Å². The van der Waals surface area contributed by atoms with Gasteiger partial charge < -0.3 is 5.32 Å². The van der Waals surface area contributed by atoms with Crippen LogP contribution in [-0.4, -0.2) is 26.6 Å². The van der Waals surface area contributed by atoms with E-state index in [4.69, 9.17) is 0 Å². The third-order valence-electron chi connectivity index (χ3n) is 5.08. The van der Waals surface area contributed by atoms with Crippen LogP contribution in [0, 0.1) is 13.8 Å². The van der Waals surface area contributed by atoms with Crippen LogP contribution in [0.25, 0.3) is 0 Å². The Kier molecular flexibility index (Phi) is 6.88. The molecule has 0 saturated heterocycles. The Labute approximate surface area is 168 Å². The molecule has 2 aromatic rings. The summed E-state index contributed by atoms with van der Waals surface area (Å²) in [7, 11) is -3.62. The van der Waals surface area contributed by atoms with Crippen molar-refractivity contribution < 1.29 is 13.2 Å². The predicted molar refractivity (Wildman–Crippen MR) is 115 cm³/mol. The summed E-state index contributed by atoms with van der Waals surface area (Å²) in [4.78, 5) is 12.8. The molecule has 28 heavy (non-hydrogen) atoms. The third-order valence-corrected chi connectivity index (χ3v) is 6.32. The highest BCUT2D eigenvalue weighted by Gasteiger charge is 2.29. The second kappa shape index (κ2) is 8.78. The molecular weight excluding hydrogens is 372 g/mol. The summed E-state index contributed by atoms with van der Waals surface area (Å²) in [5, 5.41) is 2.94. The van der Waals surface area contributed by atoms with E-state index in [1.807, 2.05) is 58.0 Å². The van der Waals surface area contributed by atoms with Crippen molar-refractivity contribution in [2.75, 3.05) is 10.6 Å². The molecule has 0 bridgehead atoms. The number of rotatable bonds is 7. The number of carbonyl (C=O) groups excluding carboxylic acids is 1. The lowest BCUT2D eigenvalue weighted by Gasteiger charge is -2.29. The van der Waals surface area contributed by atoms with E-state index in [2.05, 4.69) is 5.32 Å². The molecule has 0 aliphatic heterocycles. The first-order chi connectivity index (χ1) is 13.0. The van der Waals surface area contributed by atoms with Crippen LogP contribution in [0.4, 0.5) is 5.69 Å². The Morgan fingerprint density at radius 2 is 1.64 bits per heavy atom. The van der Waals surface area contributed by atoms with Gasteiger partial charge in [0.2, 0.25) is 15.9 Å². The number of hydrogen-bond acceptors (Lipinski definition) is 3. The molecule has 152 valence electrons. The molecule has 0 fully saturated rings. The number of benzene rings is 2. The summed E-state index contributed by atoms with van der Waals surface area (Å²) in [6.07, 6.45) is 1.99. The van der Waals surface area contributed by atoms with Crippen molar-refractivity contribution in [1.82, 2.24) is 5.32 Å². The molecule has 6 heteroatoms. The minimum absolute atomic E-state index is 0.224. The minimum Gasteiger partial charge on any atom is -0.348 e. The minimum atomic E-state index is -3.62. The van der Waals surface area contributed by atoms with Gasteiger partial charge in [0.05, 0.1) is 18.0 Å². The highest BCUT2D eigenvalue weighted by Crippen LogP contribution is 2.23. The van der Waals surface area contributed by atoms with Gasteiger partial charge in [-0.1, -0.05) is 37.3 Å². The lowest BCUT2D eigenvalue weighted by molar-refractivity contribution is -0.122. The van der Waals surface area contributed by atoms with Gasteiger partial charge in [-0.2, -0.15) is 0 Å². The summed E-state index contributed by atoms with van der Waals surface area (Å²) >= 11 is 0. The van der Waals surface area contributed by atoms with Crippen molar-refractivity contribution in [1.29, 1.82) is 0 Å². The number of carbonyl (C=O) groups is 1. The van der Waals surface area contributed by atoms with Gasteiger partial charge >= 0.3 is 0 Å². The van der Waals surface area contributed by atoms with E-state index in [1.165, 1.54) is 9.87 Å². The van der Waals surface area contributed by atoms with Gasteiger partial charge in [0, 0.05) is 0 Å². The number of nitrogens with one attached hydrogen (secondary N) is 1. The van der Waals surface area contributed by atoms with E-state index < -0.39 is 16.1 Å². The number of hydrogen-bond donors (Lipinski definition) is 1. The Bertz CT molecular complexity index is 937. The number of aryl methyl sites for hydroxylation is 3. The van der Waals surface area contributed by atoms with Crippen LogP contribution < -0.4 is 9.62 Å². The van der Waals surface area contributed by atoms with Crippen molar-refractivity contribution >= 4 is 21.6 Å². The zero-order chi connectivity index (χ0) is 21.1. The van der Waals surface area contributed by atoms with E-state index in [1.54, 1.807) is 19.1 Å². The van der Waals surface area contributed by atoms with Gasteiger partial charge in [-0.25, -0.2) is 8.42 Å². The van der Waals surface area contributed by atoms with Gasteiger partial charge in [-0.05, 0) is 68.5 Å². The normalized spacial score (nSPS) is 13.6. The molecule has 0 radical (unpaired) electrons. The van der Waals surface area contributed by atoms with Crippen LogP contribution in [-0.2, 0) is 21.2 Å². The average Bonchev–Trinajstić information content (AvgIpc) is 2.63. The van der Waals surface area contributed by atoms with Crippen molar-refractivity contribution in [2.24, 2.45) is 0 Å². The highest BCUT2D eigenvalue weighted by atomic mass is 32.2. The van der Waals surface area contributed by atoms with E-state index in [0.717, 1.165) is 29.4 Å². The van der Waals surface area contributed by atoms with Gasteiger partial charge in [0.1, 0.15) is 6.04 Å². The van der Waals surface area contributed by atoms with Crippen LogP contribution in [0.5, 0.6) is 0 Å². The average molecular weight is 403 g/mol. The lowest BCUT2D eigenvalue weighted by Crippen LogP contribution is -2.48. The first-order valence-electron chi connectivity index (χ1n) is 9.50. The Morgan fingerprint density at radius 3 is 2.14 bits per heavy atom. The fraction of sp³-hybridized carbons (Fsp3) is 0.409. The largest absolute Gasteiger partial charge is 0.348 e. The first-order valence-corrected chi connectivity index (χ1v) is 11.3. The molecule has 0 aliphatic rings. The molecule has 2 rings (SSSR count). The van der Waals surface area contributed by atoms with Gasteiger partial charge in [-0.15, -0.1) is 0 Å². The van der Waals surface area contributed by atoms with Crippen molar-refractivity contribution in [3.63, 3.8) is 0 Å². The first kappa shape index (κ1) is 22.0. The number of sulfonamides is 1. The topological polar surface area (TPSA) is 66.5 Å². The number of anilines is 1. The lowest BCUT2D eigenvalue weighted by atomic mass is 10.0. The molecule has 1 amide bonds. The summed E-state index contributed by atoms with van der Waals surface area (Å²) in [6, 6.07) is 12.2. The Morgan fingerprint density at radius 1 is 1.04 bits per heavy atom. The predicted octanol–water partition coefficient (Wildman–Crippen LogP) is 3.90. The maximum Gasteiger partial charge on any atom is 0.244 e. The number of nitrogens with zero attached hydrogens (tertiary/aromatic N) is 1. The van der Waals surface area contributed by atoms with Crippen molar-refractivity contribution in [3.05, 3.63) is 64.7 Å². The standard InChI is InChI=1S/C22H30N2O3S/c1-7-19-9-12-21(13-10-19)24(28(6,26)27)18(5)22(25)23-17(4)20-11-8-15(2)16(3)14-20/h8-14,17-18H,7H2,1-6H3,(H,23,25). The zero-order valence-electron chi connectivity index (χ0n) is 17.5. The van der Waals surface area contributed by atoms with Crippen LogP contribution in [0.15, 0.2) is 42.5 Å². The van der Waals surface area contributed by atoms with Crippen LogP contribution in [0.2, 0.25) is 0 Å². The molecule has 1 N–H and O–H groups in total. The van der Waals surface area contributed by atoms with E-state index in [0.29, 0.717) is 5.69 Å². The van der Waals surface area contributed by atoms with Crippen molar-refractivity contribution in [2.45, 2.75) is 53.1 Å². The fourth-order valence-corrected chi connectivity index (χ4v) is 4.31. The molecule has 2 atom stereocenters. The second-order valence-electron chi connectivity index (χ2n) is 7.33. The maximum atomic E-state index is 12.8. The maximum absolute atomic E-state index is 12.8. The highest BCUT2D eigenvalue weighted by molar-refractivity contribution is 7.92. The SMILES string of the molecule is CCc1ccc(N(C(C)C(=O)NC(C)c2ccc(C)c(C)c2)S(C)(=O)=O)cc1. The van der Waals surface area contributed by atoms with E-state index in [-0.39, 0.29) is 11.9 Å². The monoisotopic (exact) mass is 402 g/mol.